The molecule has 1 unspecified atom stereocenters. The molecule has 0 aromatic carbocycles. The van der Waals surface area contributed by atoms with Crippen LogP contribution in [0.25, 0.3) is 5.82 Å². The first-order valence-corrected chi connectivity index (χ1v) is 6.28. The lowest BCUT2D eigenvalue weighted by Crippen LogP contribution is -2.27. The third-order valence-corrected chi connectivity index (χ3v) is 2.86. The van der Waals surface area contributed by atoms with E-state index in [0.717, 1.165) is 0 Å². The lowest BCUT2D eigenvalue weighted by Gasteiger charge is -2.11. The molecule has 1 amide bonds. The second kappa shape index (κ2) is 5.74. The zero-order valence-electron chi connectivity index (χ0n) is 11.7. The summed E-state index contributed by atoms with van der Waals surface area (Å²) in [6.45, 7) is 4.27. The Kier molecular flexibility index (Phi) is 4.04. The van der Waals surface area contributed by atoms with E-state index in [9.17, 15) is 4.79 Å². The molecule has 0 saturated heterocycles. The van der Waals surface area contributed by atoms with Crippen molar-refractivity contribution in [3.8, 4) is 5.82 Å². The van der Waals surface area contributed by atoms with Gasteiger partial charge in [-0.05, 0) is 13.8 Å². The predicted octanol–water partition coefficient (Wildman–Crippen LogP) is 0.169. The summed E-state index contributed by atoms with van der Waals surface area (Å²) in [4.78, 5) is 25.9. The quantitative estimate of drug-likeness (QED) is 0.853. The Morgan fingerprint density at radius 2 is 2.10 bits per heavy atom. The Hall–Kier alpha value is -2.35. The van der Waals surface area contributed by atoms with Crippen molar-refractivity contribution in [2.45, 2.75) is 19.9 Å². The van der Waals surface area contributed by atoms with Crippen molar-refractivity contribution in [1.82, 2.24) is 29.6 Å². The summed E-state index contributed by atoms with van der Waals surface area (Å²) in [6.07, 6.45) is 4.55. The fourth-order valence-electron chi connectivity index (χ4n) is 1.62. The van der Waals surface area contributed by atoms with Crippen LogP contribution in [0.5, 0.6) is 0 Å². The third kappa shape index (κ3) is 2.64. The molecule has 2 aromatic heterocycles. The van der Waals surface area contributed by atoms with Crippen molar-refractivity contribution in [2.75, 3.05) is 13.6 Å². The molecule has 2 rings (SSSR count). The lowest BCUT2D eigenvalue weighted by molar-refractivity contribution is 0.0790. The summed E-state index contributed by atoms with van der Waals surface area (Å²) in [7, 11) is 1.69. The van der Waals surface area contributed by atoms with Gasteiger partial charge in [0.05, 0.1) is 0 Å². The number of amides is 1. The summed E-state index contributed by atoms with van der Waals surface area (Å²) in [5.74, 6) is 0.362. The molecule has 0 aliphatic rings. The molecule has 0 fully saturated rings. The van der Waals surface area contributed by atoms with Crippen LogP contribution in [-0.4, -0.2) is 49.1 Å². The summed E-state index contributed by atoms with van der Waals surface area (Å²) >= 11 is 0. The van der Waals surface area contributed by atoms with Crippen LogP contribution in [0.3, 0.4) is 0 Å². The van der Waals surface area contributed by atoms with Crippen LogP contribution in [0.4, 0.5) is 0 Å². The lowest BCUT2D eigenvalue weighted by atomic mass is 10.2. The third-order valence-electron chi connectivity index (χ3n) is 2.86. The monoisotopic (exact) mass is 275 g/mol. The minimum atomic E-state index is -0.291. The number of nitrogens with zero attached hydrogens (tertiary/aromatic N) is 6. The Morgan fingerprint density at radius 1 is 1.40 bits per heavy atom. The van der Waals surface area contributed by atoms with E-state index < -0.39 is 0 Å². The SMILES string of the molecule is CCN(C)C(=O)c1ncn(-c2nccnc2C(C)N)n1. The minimum Gasteiger partial charge on any atom is -0.339 e. The van der Waals surface area contributed by atoms with E-state index in [1.165, 1.54) is 15.9 Å². The van der Waals surface area contributed by atoms with Gasteiger partial charge in [0.1, 0.15) is 12.0 Å². The molecule has 106 valence electrons. The molecule has 0 radical (unpaired) electrons. The highest BCUT2D eigenvalue weighted by Gasteiger charge is 2.18. The fraction of sp³-hybridized carbons (Fsp3) is 0.417. The fourth-order valence-corrected chi connectivity index (χ4v) is 1.62. The number of rotatable bonds is 4. The molecule has 0 saturated carbocycles. The number of carbonyl (C=O) groups is 1. The standard InChI is InChI=1S/C12H17N7O/c1-4-18(3)12(20)10-16-7-19(17-10)11-9(8(2)13)14-5-6-15-11/h5-8H,4,13H2,1-3H3. The molecule has 0 aliphatic heterocycles. The molecular formula is C12H17N7O. The Labute approximate surface area is 116 Å². The van der Waals surface area contributed by atoms with Gasteiger partial charge in [-0.1, -0.05) is 0 Å². The van der Waals surface area contributed by atoms with Crippen LogP contribution in [0.2, 0.25) is 0 Å². The number of nitrogens with two attached hydrogens (primary N) is 1. The van der Waals surface area contributed by atoms with Gasteiger partial charge in [-0.15, -0.1) is 5.10 Å². The Balaban J connectivity index is 2.37. The highest BCUT2D eigenvalue weighted by atomic mass is 16.2. The summed E-state index contributed by atoms with van der Waals surface area (Å²) < 4.78 is 1.42. The van der Waals surface area contributed by atoms with Crippen molar-refractivity contribution >= 4 is 5.91 Å². The van der Waals surface area contributed by atoms with Crippen molar-refractivity contribution in [3.05, 3.63) is 30.2 Å². The summed E-state index contributed by atoms with van der Waals surface area (Å²) in [5.41, 5.74) is 6.45. The number of hydrogen-bond acceptors (Lipinski definition) is 6. The molecular weight excluding hydrogens is 258 g/mol. The highest BCUT2D eigenvalue weighted by Crippen LogP contribution is 2.13. The van der Waals surface area contributed by atoms with E-state index in [1.54, 1.807) is 26.4 Å². The van der Waals surface area contributed by atoms with Gasteiger partial charge in [0.2, 0.25) is 5.82 Å². The molecule has 1 atom stereocenters. The highest BCUT2D eigenvalue weighted by molar-refractivity contribution is 5.90. The first-order valence-electron chi connectivity index (χ1n) is 6.28. The average molecular weight is 275 g/mol. The molecule has 20 heavy (non-hydrogen) atoms. The number of aromatic nitrogens is 5. The Morgan fingerprint density at radius 3 is 2.75 bits per heavy atom. The van der Waals surface area contributed by atoms with Crippen LogP contribution in [0.15, 0.2) is 18.7 Å². The molecule has 0 spiro atoms. The van der Waals surface area contributed by atoms with Crippen LogP contribution < -0.4 is 5.73 Å². The average Bonchev–Trinajstić information content (AvgIpc) is 2.95. The molecule has 0 aliphatic carbocycles. The van der Waals surface area contributed by atoms with Crippen molar-refractivity contribution in [2.24, 2.45) is 5.73 Å². The van der Waals surface area contributed by atoms with Crippen molar-refractivity contribution in [1.29, 1.82) is 0 Å². The maximum absolute atomic E-state index is 12.0. The van der Waals surface area contributed by atoms with Crippen molar-refractivity contribution in [3.63, 3.8) is 0 Å². The van der Waals surface area contributed by atoms with Crippen LogP contribution in [-0.2, 0) is 0 Å². The summed E-state index contributed by atoms with van der Waals surface area (Å²) in [5, 5.41) is 4.15. The molecule has 0 bridgehead atoms. The Bertz CT molecular complexity index is 607. The minimum absolute atomic E-state index is 0.121. The van der Waals surface area contributed by atoms with Crippen molar-refractivity contribution < 1.29 is 4.79 Å². The van der Waals surface area contributed by atoms with Gasteiger partial charge in [-0.2, -0.15) is 4.68 Å². The second-order valence-electron chi connectivity index (χ2n) is 4.39. The van der Waals surface area contributed by atoms with E-state index >= 15 is 0 Å². The van der Waals surface area contributed by atoms with Crippen LogP contribution in [0, 0.1) is 0 Å². The topological polar surface area (TPSA) is 103 Å². The maximum atomic E-state index is 12.0. The smallest absolute Gasteiger partial charge is 0.293 e. The zero-order chi connectivity index (χ0) is 14.7. The first kappa shape index (κ1) is 14.1. The maximum Gasteiger partial charge on any atom is 0.293 e. The van der Waals surface area contributed by atoms with E-state index in [1.807, 2.05) is 6.92 Å². The van der Waals surface area contributed by atoms with Gasteiger partial charge in [0, 0.05) is 32.0 Å². The van der Waals surface area contributed by atoms with E-state index in [0.29, 0.717) is 18.1 Å². The van der Waals surface area contributed by atoms with E-state index in [2.05, 4.69) is 20.1 Å². The first-order chi connectivity index (χ1) is 9.54. The molecule has 2 N–H and O–H groups in total. The van der Waals surface area contributed by atoms with Crippen LogP contribution in [0.1, 0.15) is 36.2 Å². The molecule has 2 aromatic rings. The van der Waals surface area contributed by atoms with Gasteiger partial charge < -0.3 is 10.6 Å². The van der Waals surface area contributed by atoms with Gasteiger partial charge >= 0.3 is 0 Å². The van der Waals surface area contributed by atoms with E-state index in [4.69, 9.17) is 5.73 Å². The predicted molar refractivity (Wildman–Crippen MR) is 72.2 cm³/mol. The molecule has 8 nitrogen and oxygen atoms in total. The van der Waals surface area contributed by atoms with Gasteiger partial charge in [-0.25, -0.2) is 9.97 Å². The van der Waals surface area contributed by atoms with E-state index in [-0.39, 0.29) is 17.8 Å². The van der Waals surface area contributed by atoms with Gasteiger partial charge in [0.15, 0.2) is 5.82 Å². The molecule has 2 heterocycles. The summed E-state index contributed by atoms with van der Waals surface area (Å²) in [6, 6.07) is -0.291. The molecule has 8 heteroatoms. The normalized spacial score (nSPS) is 12.2. The zero-order valence-corrected chi connectivity index (χ0v) is 11.7. The largest absolute Gasteiger partial charge is 0.339 e. The number of hydrogen-bond donors (Lipinski definition) is 1. The number of carbonyl (C=O) groups excluding carboxylic acids is 1. The van der Waals surface area contributed by atoms with Gasteiger partial charge in [0.25, 0.3) is 5.91 Å². The second-order valence-corrected chi connectivity index (χ2v) is 4.39. The van der Waals surface area contributed by atoms with Crippen LogP contribution >= 0.6 is 0 Å². The van der Waals surface area contributed by atoms with Gasteiger partial charge in [-0.3, -0.25) is 9.78 Å².